The van der Waals surface area contributed by atoms with Gasteiger partial charge in [0.05, 0.1) is 18.9 Å². The number of nitrogens with zero attached hydrogens (tertiary/aromatic N) is 1. The molecule has 15 atom stereocenters. The highest BCUT2D eigenvalue weighted by Gasteiger charge is 2.68. The second-order valence-corrected chi connectivity index (χ2v) is 26.5. The summed E-state index contributed by atoms with van der Waals surface area (Å²) in [5, 5.41) is 53.8. The molecular weight excluding hydrogens is 1000 g/mol. The Morgan fingerprint density at radius 3 is 2.60 bits per heavy atom. The number of hydrogen-bond acceptors (Lipinski definition) is 11. The van der Waals surface area contributed by atoms with Gasteiger partial charge in [-0.15, -0.1) is 0 Å². The fraction of sp³-hybridized carbons (Fsp3) is 0.701. The van der Waals surface area contributed by atoms with Crippen LogP contribution in [0, 0.1) is 94.0 Å². The predicted octanol–water partition coefficient (Wildman–Crippen LogP) is 10.6. The number of rotatable bonds is 14. The Labute approximate surface area is 476 Å². The molecule has 0 aromatic heterocycles. The maximum absolute atomic E-state index is 16.0. The number of aliphatic hydroxyl groups excluding tert-OH is 3. The van der Waals surface area contributed by atoms with Crippen LogP contribution in [0.2, 0.25) is 0 Å². The summed E-state index contributed by atoms with van der Waals surface area (Å²) in [6.45, 7) is 3.16. The first-order valence-electron chi connectivity index (χ1n) is 31.2. The lowest BCUT2D eigenvalue weighted by atomic mass is 9.42. The molecule has 4 bridgehead atoms. The molecule has 0 amide bonds. The van der Waals surface area contributed by atoms with Gasteiger partial charge >= 0.3 is 0 Å². The van der Waals surface area contributed by atoms with E-state index in [0.717, 1.165) is 89.0 Å². The van der Waals surface area contributed by atoms with Crippen molar-refractivity contribution in [1.82, 2.24) is 10.6 Å². The van der Waals surface area contributed by atoms with Crippen LogP contribution in [0.4, 0.5) is 5.69 Å². The summed E-state index contributed by atoms with van der Waals surface area (Å²) < 4.78 is 26.5. The molecule has 0 saturated heterocycles. The molecular formula is C67H92N4O9. The molecule has 2 aromatic carbocycles. The van der Waals surface area contributed by atoms with Gasteiger partial charge in [0.1, 0.15) is 11.7 Å². The van der Waals surface area contributed by atoms with E-state index in [0.29, 0.717) is 91.2 Å². The Bertz CT molecular complexity index is 2730. The van der Waals surface area contributed by atoms with E-state index in [-0.39, 0.29) is 71.8 Å². The van der Waals surface area contributed by atoms with Gasteiger partial charge in [0.25, 0.3) is 0 Å². The third kappa shape index (κ3) is 10.7. The maximum Gasteiger partial charge on any atom is 0.207 e. The largest absolute Gasteiger partial charge is 0.504 e. The summed E-state index contributed by atoms with van der Waals surface area (Å²) >= 11 is 0. The highest BCUT2D eigenvalue weighted by atomic mass is 16.6. The molecule has 2 heterocycles. The number of anilines is 1. The number of guanidine groups is 1. The van der Waals surface area contributed by atoms with Crippen molar-refractivity contribution >= 4 is 17.4 Å². The zero-order valence-electron chi connectivity index (χ0n) is 48.3. The molecule has 80 heavy (non-hydrogen) atoms. The Morgan fingerprint density at radius 2 is 1.81 bits per heavy atom. The van der Waals surface area contributed by atoms with Gasteiger partial charge in [-0.1, -0.05) is 69.4 Å². The van der Waals surface area contributed by atoms with Crippen molar-refractivity contribution in [2.75, 3.05) is 46.3 Å². The standard InChI is InChI=1S/C67H92N4O9/c1-5-43-19-21-50-51(17-11-31-72)62-64(25-6-7-26-64)28-29-67(62)49-36-54(61-58(37-49)80-65(42-68-2)39-45(14-12-32-78-61)47(40-65)35-60(76)79-56-18-8-13-46(56)41-73)71-63(69-3)70-30-10-16-48-15-9-27-66(48,59(75)24-22-53(67)52(50)33-43)38-44-20-23-55(74)57(34-44)77-4/h20,22-24,34,36-37,43,45-48,50-53,56,60,62,68,72-74,76H,5-9,11,13-19,21,25-29,31,33,35,38-42H2,1-4H3,(H2,69,70,71)/b24-22+/t43-,45+,46+,47-,48-,50+,51-,52-,53+,56-,60+,62-,65-,66-,67+/m0/s1. The normalized spacial score (nSPS) is 37.2. The highest BCUT2D eigenvalue weighted by molar-refractivity contribution is 5.97. The van der Waals surface area contributed by atoms with E-state index in [2.05, 4.69) is 71.2 Å². The Hall–Kier alpha value is -4.76. The smallest absolute Gasteiger partial charge is 0.207 e. The number of phenols is 1. The van der Waals surface area contributed by atoms with Crippen LogP contribution >= 0.6 is 0 Å². The number of ketones is 1. The summed E-state index contributed by atoms with van der Waals surface area (Å²) in [4.78, 5) is 20.8. The van der Waals surface area contributed by atoms with Crippen molar-refractivity contribution in [1.29, 1.82) is 0 Å². The number of benzene rings is 2. The SMILES string of the molecule is CC[C@H]1CC[C@H]2[C@H](C1)[C@H]1/C=C/C(=O)[C@]3(Cc4ccc(O)c(OC)c4)CCC[C@H]3CC#CNC(=NC)Nc3cc(cc4c3OC#CC[C@@H]3C[C@@](CNC)(C[C@@H]3C[C@H](O)O[C@H]3CCC[C@@H]3CO)O4)[C@]13CCC1(CCCC1)[C@@H]3[C@H]2CCCO. The quantitative estimate of drug-likeness (QED) is 0.0703. The molecule has 7 fully saturated rings. The van der Waals surface area contributed by atoms with Gasteiger partial charge in [-0.2, -0.15) is 0 Å². The number of fused-ring (bicyclic) bond motifs is 10. The van der Waals surface area contributed by atoms with Crippen LogP contribution in [-0.4, -0.2) is 91.1 Å². The average Bonchev–Trinajstić information content (AvgIpc) is 4.12. The lowest BCUT2D eigenvalue weighted by molar-refractivity contribution is -0.159. The second-order valence-electron chi connectivity index (χ2n) is 26.5. The minimum atomic E-state index is -0.971. The van der Waals surface area contributed by atoms with Gasteiger partial charge < -0.3 is 50.0 Å². The summed E-state index contributed by atoms with van der Waals surface area (Å²) in [5.74, 6) is 11.4. The van der Waals surface area contributed by atoms with E-state index >= 15 is 4.79 Å². The number of hydrogen-bond donors (Lipinski definition) is 7. The zero-order chi connectivity index (χ0) is 55.7. The molecule has 9 aliphatic rings. The number of aliphatic hydroxyl groups is 3. The van der Waals surface area contributed by atoms with Crippen molar-refractivity contribution in [3.8, 4) is 47.0 Å². The number of likely N-dealkylation sites (N-methyl/N-ethyl adjacent to an activating group) is 1. The highest BCUT2D eigenvalue weighted by Crippen LogP contribution is 2.74. The third-order valence-corrected chi connectivity index (χ3v) is 22.6. The Kier molecular flexibility index (Phi) is 17.3. The monoisotopic (exact) mass is 1100 g/mol. The first-order valence-corrected chi connectivity index (χ1v) is 31.2. The van der Waals surface area contributed by atoms with Crippen LogP contribution in [-0.2, 0) is 21.4 Å². The van der Waals surface area contributed by atoms with Crippen LogP contribution < -0.4 is 30.2 Å². The van der Waals surface area contributed by atoms with E-state index in [1.54, 1.807) is 20.2 Å². The molecule has 13 nitrogen and oxygen atoms in total. The topological polar surface area (TPSA) is 183 Å². The minimum absolute atomic E-state index is 0.00121. The zero-order valence-corrected chi connectivity index (χ0v) is 48.3. The molecule has 11 rings (SSSR count). The van der Waals surface area contributed by atoms with Gasteiger partial charge in [-0.25, -0.2) is 0 Å². The van der Waals surface area contributed by atoms with Crippen LogP contribution in [0.5, 0.6) is 23.0 Å². The van der Waals surface area contributed by atoms with Gasteiger partial charge in [0.2, 0.25) is 11.7 Å². The summed E-state index contributed by atoms with van der Waals surface area (Å²) in [6, 6.07) is 13.4. The number of aromatic hydroxyl groups is 1. The number of phenolic OH excluding ortho intramolecular Hbond substituents is 1. The first kappa shape index (κ1) is 57.1. The Balaban J connectivity index is 1.09. The van der Waals surface area contributed by atoms with Gasteiger partial charge in [-0.05, 0) is 204 Å². The number of carbonyl (C=O) groups is 1. The van der Waals surface area contributed by atoms with E-state index in [4.69, 9.17) is 23.9 Å². The molecule has 2 aliphatic heterocycles. The molecule has 7 N–H and O–H groups in total. The van der Waals surface area contributed by atoms with Crippen LogP contribution in [0.15, 0.2) is 47.5 Å². The van der Waals surface area contributed by atoms with Crippen molar-refractivity contribution in [3.63, 3.8) is 0 Å². The van der Waals surface area contributed by atoms with E-state index in [1.165, 1.54) is 44.1 Å². The number of aliphatic imine (C=N–C) groups is 1. The molecule has 7 saturated carbocycles. The first-order chi connectivity index (χ1) is 38.9. The average molecular weight is 1100 g/mol. The van der Waals surface area contributed by atoms with Crippen LogP contribution in [0.1, 0.15) is 166 Å². The van der Waals surface area contributed by atoms with Gasteiger partial charge in [0.15, 0.2) is 29.3 Å². The number of ether oxygens (including phenoxy) is 4. The van der Waals surface area contributed by atoms with Crippen molar-refractivity contribution in [2.45, 2.75) is 184 Å². The molecule has 7 aliphatic carbocycles. The van der Waals surface area contributed by atoms with E-state index < -0.39 is 22.7 Å². The molecule has 2 spiro atoms. The number of methoxy groups -OCH3 is 1. The van der Waals surface area contributed by atoms with Crippen molar-refractivity contribution < 1.29 is 44.2 Å². The minimum Gasteiger partial charge on any atom is -0.504 e. The lowest BCUT2D eigenvalue weighted by Crippen LogP contribution is -2.58. The fourth-order valence-electron chi connectivity index (χ4n) is 19.2. The van der Waals surface area contributed by atoms with E-state index in [1.807, 2.05) is 19.2 Å². The molecule has 434 valence electrons. The van der Waals surface area contributed by atoms with Crippen molar-refractivity contribution in [3.05, 3.63) is 53.6 Å². The summed E-state index contributed by atoms with van der Waals surface area (Å²) in [7, 11) is 5.31. The number of carbonyl (C=O) groups excluding carboxylic acids is 1. The lowest BCUT2D eigenvalue weighted by Gasteiger charge is -2.62. The molecule has 13 heteroatoms. The van der Waals surface area contributed by atoms with Gasteiger partial charge in [-0.3, -0.25) is 15.1 Å². The van der Waals surface area contributed by atoms with Crippen LogP contribution in [0.25, 0.3) is 0 Å². The Morgan fingerprint density at radius 1 is 0.950 bits per heavy atom. The summed E-state index contributed by atoms with van der Waals surface area (Å²) in [5.41, 5.74) is 1.15. The van der Waals surface area contributed by atoms with E-state index in [9.17, 15) is 20.4 Å². The fourth-order valence-corrected chi connectivity index (χ4v) is 19.2. The maximum atomic E-state index is 16.0. The molecule has 0 unspecified atom stereocenters. The van der Waals surface area contributed by atoms with Gasteiger partial charge in [0, 0.05) is 68.9 Å². The second kappa shape index (κ2) is 24.2. The molecule has 2 aromatic rings. The van der Waals surface area contributed by atoms with Crippen molar-refractivity contribution in [2.24, 2.45) is 75.0 Å². The summed E-state index contributed by atoms with van der Waals surface area (Å²) in [6.07, 6.45) is 28.5. The number of nitrogens with one attached hydrogen (secondary N) is 3. The third-order valence-electron chi connectivity index (χ3n) is 22.6. The number of allylic oxidation sites excluding steroid dienone is 2. The predicted molar refractivity (Wildman–Crippen MR) is 311 cm³/mol. The van der Waals surface area contributed by atoms with Crippen LogP contribution in [0.3, 0.4) is 0 Å². The molecule has 0 radical (unpaired) electrons.